The second-order valence-corrected chi connectivity index (χ2v) is 8.02. The van der Waals surface area contributed by atoms with Gasteiger partial charge in [-0.15, -0.1) is 0 Å². The molecular weight excluding hydrogens is 290 g/mol. The van der Waals surface area contributed by atoms with Crippen molar-refractivity contribution in [1.82, 2.24) is 5.32 Å². The van der Waals surface area contributed by atoms with Crippen molar-refractivity contribution < 1.29 is 14.6 Å². The maximum Gasteiger partial charge on any atom is 0.307 e. The summed E-state index contributed by atoms with van der Waals surface area (Å²) in [7, 11) is 0. The topological polar surface area (TPSA) is 58.6 Å². The highest BCUT2D eigenvalue weighted by Crippen LogP contribution is 2.26. The lowest BCUT2D eigenvalue weighted by molar-refractivity contribution is -0.156. The maximum absolute atomic E-state index is 12.2. The molecule has 0 amide bonds. The normalized spacial score (nSPS) is 15.1. The van der Waals surface area contributed by atoms with Gasteiger partial charge in [-0.3, -0.25) is 4.79 Å². The molecule has 0 aliphatic heterocycles. The largest absolute Gasteiger partial charge is 0.460 e. The predicted octanol–water partition coefficient (Wildman–Crippen LogP) is 3.46. The van der Waals surface area contributed by atoms with Crippen LogP contribution in [-0.4, -0.2) is 29.3 Å². The molecule has 23 heavy (non-hydrogen) atoms. The van der Waals surface area contributed by atoms with Crippen LogP contribution in [0.3, 0.4) is 0 Å². The van der Waals surface area contributed by atoms with E-state index >= 15 is 0 Å². The van der Waals surface area contributed by atoms with Crippen LogP contribution in [0.5, 0.6) is 0 Å². The van der Waals surface area contributed by atoms with Gasteiger partial charge in [0, 0.05) is 6.04 Å². The van der Waals surface area contributed by atoms with Gasteiger partial charge < -0.3 is 15.2 Å². The van der Waals surface area contributed by atoms with Gasteiger partial charge in [-0.1, -0.05) is 51.1 Å². The van der Waals surface area contributed by atoms with Gasteiger partial charge in [0.25, 0.3) is 0 Å². The van der Waals surface area contributed by atoms with Gasteiger partial charge in [-0.25, -0.2) is 0 Å². The summed E-state index contributed by atoms with van der Waals surface area (Å²) in [5.41, 5.74) is 0.377. The third-order valence-corrected chi connectivity index (χ3v) is 3.62. The summed E-state index contributed by atoms with van der Waals surface area (Å²) >= 11 is 0. The second kappa shape index (κ2) is 7.93. The zero-order chi connectivity index (χ0) is 17.7. The van der Waals surface area contributed by atoms with Crippen LogP contribution in [0.2, 0.25) is 0 Å². The number of ether oxygens (including phenoxy) is 1. The van der Waals surface area contributed by atoms with Crippen LogP contribution in [0, 0.1) is 5.41 Å². The molecule has 0 radical (unpaired) electrons. The number of carbonyl (C=O) groups is 1. The molecule has 1 aromatic rings. The van der Waals surface area contributed by atoms with Crippen LogP contribution in [0.4, 0.5) is 0 Å². The monoisotopic (exact) mass is 321 g/mol. The Kier molecular flexibility index (Phi) is 6.78. The fraction of sp³-hybridized carbons (Fsp3) is 0.632. The fourth-order valence-corrected chi connectivity index (χ4v) is 2.35. The molecule has 4 heteroatoms. The number of carbonyl (C=O) groups excluding carboxylic acids is 1. The lowest BCUT2D eigenvalue weighted by atomic mass is 9.84. The minimum atomic E-state index is -0.491. The highest BCUT2D eigenvalue weighted by Gasteiger charge is 2.31. The molecule has 1 aromatic carbocycles. The number of hydrogen-bond donors (Lipinski definition) is 2. The molecule has 2 N–H and O–H groups in total. The van der Waals surface area contributed by atoms with E-state index in [1.54, 1.807) is 0 Å². The van der Waals surface area contributed by atoms with Crippen LogP contribution >= 0.6 is 0 Å². The highest BCUT2D eigenvalue weighted by atomic mass is 16.6. The lowest BCUT2D eigenvalue weighted by Crippen LogP contribution is -2.45. The molecule has 0 saturated carbocycles. The van der Waals surface area contributed by atoms with Crippen LogP contribution in [0.1, 0.15) is 59.6 Å². The van der Waals surface area contributed by atoms with Gasteiger partial charge in [0.1, 0.15) is 5.60 Å². The number of aliphatic hydroxyl groups is 1. The van der Waals surface area contributed by atoms with Crippen molar-refractivity contribution in [3.8, 4) is 0 Å². The van der Waals surface area contributed by atoms with E-state index in [-0.39, 0.29) is 36.5 Å². The molecule has 0 bridgehead atoms. The van der Waals surface area contributed by atoms with E-state index in [4.69, 9.17) is 4.74 Å². The van der Waals surface area contributed by atoms with Crippen molar-refractivity contribution in [3.63, 3.8) is 0 Å². The van der Waals surface area contributed by atoms with Crippen molar-refractivity contribution >= 4 is 5.97 Å². The first kappa shape index (κ1) is 19.7. The quantitative estimate of drug-likeness (QED) is 0.788. The molecule has 0 aromatic heterocycles. The van der Waals surface area contributed by atoms with Crippen LogP contribution < -0.4 is 5.32 Å². The maximum atomic E-state index is 12.2. The Morgan fingerprint density at radius 1 is 1.13 bits per heavy atom. The summed E-state index contributed by atoms with van der Waals surface area (Å²) in [5.74, 6) is -0.227. The molecule has 0 heterocycles. The zero-order valence-electron chi connectivity index (χ0n) is 15.2. The van der Waals surface area contributed by atoms with E-state index in [9.17, 15) is 9.90 Å². The standard InChI is InChI=1S/C19H31NO3/c1-18(2,3)16(12-17(22)23-19(4,5)6)20-15(13-21)14-10-8-7-9-11-14/h7-11,15-16,20-21H,12-13H2,1-6H3/t15-,16+/m1/s1. The van der Waals surface area contributed by atoms with Crippen molar-refractivity contribution in [1.29, 1.82) is 0 Å². The van der Waals surface area contributed by atoms with Gasteiger partial charge in [-0.05, 0) is 31.7 Å². The molecule has 0 saturated heterocycles. The molecule has 0 spiro atoms. The molecule has 130 valence electrons. The van der Waals surface area contributed by atoms with Crippen molar-refractivity contribution in [2.45, 2.75) is 65.6 Å². The van der Waals surface area contributed by atoms with Crippen molar-refractivity contribution in [2.24, 2.45) is 5.41 Å². The summed E-state index contributed by atoms with van der Waals surface area (Å²) in [6.07, 6.45) is 0.268. The van der Waals surface area contributed by atoms with Gasteiger partial charge in [0.15, 0.2) is 0 Å². The minimum absolute atomic E-state index is 0.0229. The van der Waals surface area contributed by atoms with Gasteiger partial charge in [0.2, 0.25) is 0 Å². The van der Waals surface area contributed by atoms with E-state index in [1.807, 2.05) is 51.1 Å². The fourth-order valence-electron chi connectivity index (χ4n) is 2.35. The first-order chi connectivity index (χ1) is 10.5. The molecule has 0 fully saturated rings. The summed E-state index contributed by atoms with van der Waals surface area (Å²) in [6, 6.07) is 9.47. The third-order valence-electron chi connectivity index (χ3n) is 3.62. The van der Waals surface area contributed by atoms with Gasteiger partial charge >= 0.3 is 5.97 Å². The van der Waals surface area contributed by atoms with Crippen molar-refractivity contribution in [2.75, 3.05) is 6.61 Å². The van der Waals surface area contributed by atoms with Gasteiger partial charge in [-0.2, -0.15) is 0 Å². The number of nitrogens with one attached hydrogen (secondary N) is 1. The zero-order valence-corrected chi connectivity index (χ0v) is 15.2. The number of aliphatic hydroxyl groups excluding tert-OH is 1. The molecule has 0 unspecified atom stereocenters. The first-order valence-electron chi connectivity index (χ1n) is 8.16. The van der Waals surface area contributed by atoms with Crippen LogP contribution in [0.25, 0.3) is 0 Å². The SMILES string of the molecule is CC(C)(C)OC(=O)C[C@H](N[C@H](CO)c1ccccc1)C(C)(C)C. The lowest BCUT2D eigenvalue weighted by Gasteiger charge is -2.35. The van der Waals surface area contributed by atoms with E-state index in [1.165, 1.54) is 0 Å². The van der Waals surface area contributed by atoms with E-state index in [0.29, 0.717) is 0 Å². The molecule has 1 rings (SSSR count). The Hall–Kier alpha value is -1.39. The predicted molar refractivity (Wildman–Crippen MR) is 93.1 cm³/mol. The Morgan fingerprint density at radius 2 is 1.70 bits per heavy atom. The number of esters is 1. The molecule has 0 aliphatic carbocycles. The molecular formula is C19H31NO3. The number of hydrogen-bond acceptors (Lipinski definition) is 4. The molecule has 2 atom stereocenters. The average Bonchev–Trinajstić information content (AvgIpc) is 2.41. The van der Waals surface area contributed by atoms with E-state index in [0.717, 1.165) is 5.56 Å². The van der Waals surface area contributed by atoms with Gasteiger partial charge in [0.05, 0.1) is 19.1 Å². The summed E-state index contributed by atoms with van der Waals surface area (Å²) in [6.45, 7) is 11.8. The van der Waals surface area contributed by atoms with Crippen LogP contribution in [0.15, 0.2) is 30.3 Å². The van der Waals surface area contributed by atoms with Crippen molar-refractivity contribution in [3.05, 3.63) is 35.9 Å². The second-order valence-electron chi connectivity index (χ2n) is 8.02. The Balaban J connectivity index is 2.84. The average molecular weight is 321 g/mol. The van der Waals surface area contributed by atoms with Crippen LogP contribution in [-0.2, 0) is 9.53 Å². The first-order valence-corrected chi connectivity index (χ1v) is 8.16. The summed E-state index contributed by atoms with van der Waals surface area (Å²) < 4.78 is 5.44. The summed E-state index contributed by atoms with van der Waals surface area (Å²) in [4.78, 5) is 12.2. The Bertz CT molecular complexity index is 486. The minimum Gasteiger partial charge on any atom is -0.460 e. The van der Waals surface area contributed by atoms with E-state index < -0.39 is 5.60 Å². The number of rotatable bonds is 6. The molecule has 0 aliphatic rings. The Labute approximate surface area is 140 Å². The highest BCUT2D eigenvalue weighted by molar-refractivity contribution is 5.70. The Morgan fingerprint density at radius 3 is 2.13 bits per heavy atom. The third kappa shape index (κ3) is 7.14. The molecule has 4 nitrogen and oxygen atoms in total. The smallest absolute Gasteiger partial charge is 0.307 e. The number of benzene rings is 1. The summed E-state index contributed by atoms with van der Waals surface area (Å²) in [5, 5.41) is 13.2. The van der Waals surface area contributed by atoms with E-state index in [2.05, 4.69) is 26.1 Å².